The number of carbonyl (C=O) groups excluding carboxylic acids is 1. The van der Waals surface area contributed by atoms with Crippen LogP contribution in [0.2, 0.25) is 5.02 Å². The SMILES string of the molecule is CCCn1ncc(CN2CC(=O)N(c3ccccc3Cl)C[C@@H]2C)c1C. The molecule has 25 heavy (non-hydrogen) atoms. The summed E-state index contributed by atoms with van der Waals surface area (Å²) in [6.45, 7) is 9.12. The molecule has 1 aliphatic rings. The number of rotatable bonds is 5. The molecule has 0 N–H and O–H groups in total. The Morgan fingerprint density at radius 3 is 2.80 bits per heavy atom. The molecule has 0 saturated carbocycles. The van der Waals surface area contributed by atoms with Crippen molar-refractivity contribution in [3.05, 3.63) is 46.7 Å². The number of carbonyl (C=O) groups is 1. The molecule has 0 bridgehead atoms. The average molecular weight is 361 g/mol. The zero-order valence-corrected chi connectivity index (χ0v) is 15.8. The lowest BCUT2D eigenvalue weighted by molar-refractivity contribution is -0.122. The first-order valence-electron chi connectivity index (χ1n) is 8.81. The zero-order valence-electron chi connectivity index (χ0n) is 15.1. The molecular formula is C19H25ClN4O. The number of nitrogens with zero attached hydrogens (tertiary/aromatic N) is 4. The fourth-order valence-electron chi connectivity index (χ4n) is 3.31. The van der Waals surface area contributed by atoms with Crippen LogP contribution in [-0.4, -0.2) is 39.7 Å². The van der Waals surface area contributed by atoms with Gasteiger partial charge in [0.05, 0.1) is 23.5 Å². The highest BCUT2D eigenvalue weighted by molar-refractivity contribution is 6.33. The van der Waals surface area contributed by atoms with Gasteiger partial charge in [0.25, 0.3) is 0 Å². The summed E-state index contributed by atoms with van der Waals surface area (Å²) in [5, 5.41) is 5.09. The molecule has 134 valence electrons. The molecule has 5 nitrogen and oxygen atoms in total. The van der Waals surface area contributed by atoms with Crippen molar-refractivity contribution >= 4 is 23.2 Å². The van der Waals surface area contributed by atoms with E-state index in [-0.39, 0.29) is 11.9 Å². The lowest BCUT2D eigenvalue weighted by atomic mass is 10.1. The number of piperazine rings is 1. The van der Waals surface area contributed by atoms with Gasteiger partial charge in [0, 0.05) is 36.9 Å². The standard InChI is InChI=1S/C19H25ClN4O/c1-4-9-24-15(3)16(10-21-24)12-22-13-19(25)23(11-14(22)2)18-8-6-5-7-17(18)20/h5-8,10,14H,4,9,11-13H2,1-3H3/t14-/m0/s1. The van der Waals surface area contributed by atoms with Crippen LogP contribution >= 0.6 is 11.6 Å². The van der Waals surface area contributed by atoms with E-state index in [9.17, 15) is 4.79 Å². The van der Waals surface area contributed by atoms with Crippen LogP contribution in [0.25, 0.3) is 0 Å². The highest BCUT2D eigenvalue weighted by Gasteiger charge is 2.31. The summed E-state index contributed by atoms with van der Waals surface area (Å²) in [6.07, 6.45) is 3.00. The van der Waals surface area contributed by atoms with Gasteiger partial charge in [-0.15, -0.1) is 0 Å². The smallest absolute Gasteiger partial charge is 0.241 e. The third-order valence-corrected chi connectivity index (χ3v) is 5.19. The van der Waals surface area contributed by atoms with Gasteiger partial charge in [-0.2, -0.15) is 5.10 Å². The molecule has 0 radical (unpaired) electrons. The number of amides is 1. The highest BCUT2D eigenvalue weighted by Crippen LogP contribution is 2.28. The maximum atomic E-state index is 12.7. The van der Waals surface area contributed by atoms with E-state index in [0.717, 1.165) is 25.2 Å². The summed E-state index contributed by atoms with van der Waals surface area (Å²) in [6, 6.07) is 7.78. The third kappa shape index (κ3) is 3.72. The topological polar surface area (TPSA) is 41.4 Å². The Balaban J connectivity index is 1.73. The molecule has 2 heterocycles. The fraction of sp³-hybridized carbons (Fsp3) is 0.474. The molecule has 0 unspecified atom stereocenters. The second kappa shape index (κ2) is 7.58. The van der Waals surface area contributed by atoms with Crippen molar-refractivity contribution in [3.8, 4) is 0 Å². The van der Waals surface area contributed by atoms with Crippen LogP contribution < -0.4 is 4.90 Å². The van der Waals surface area contributed by atoms with Crippen molar-refractivity contribution in [2.24, 2.45) is 0 Å². The molecule has 1 saturated heterocycles. The summed E-state index contributed by atoms with van der Waals surface area (Å²) in [5.74, 6) is 0.0878. The molecule has 0 aliphatic carbocycles. The molecule has 6 heteroatoms. The largest absolute Gasteiger partial charge is 0.308 e. The van der Waals surface area contributed by atoms with Gasteiger partial charge < -0.3 is 4.90 Å². The predicted octanol–water partition coefficient (Wildman–Crippen LogP) is 3.49. The number of aryl methyl sites for hydroxylation is 1. The molecule has 1 fully saturated rings. The summed E-state index contributed by atoms with van der Waals surface area (Å²) in [5.41, 5.74) is 3.18. The molecule has 1 aromatic heterocycles. The number of halogens is 1. The second-order valence-electron chi connectivity index (χ2n) is 6.69. The van der Waals surface area contributed by atoms with Crippen LogP contribution in [0.3, 0.4) is 0 Å². The van der Waals surface area contributed by atoms with E-state index in [1.165, 1.54) is 11.3 Å². The molecule has 3 rings (SSSR count). The predicted molar refractivity (Wildman–Crippen MR) is 101 cm³/mol. The molecule has 1 atom stereocenters. The minimum Gasteiger partial charge on any atom is -0.308 e. The van der Waals surface area contributed by atoms with Gasteiger partial charge >= 0.3 is 0 Å². The van der Waals surface area contributed by atoms with Crippen LogP contribution in [-0.2, 0) is 17.9 Å². The van der Waals surface area contributed by atoms with Crippen molar-refractivity contribution in [1.29, 1.82) is 0 Å². The molecule has 1 aliphatic heterocycles. The Kier molecular flexibility index (Phi) is 5.45. The zero-order chi connectivity index (χ0) is 18.0. The first kappa shape index (κ1) is 18.0. The van der Waals surface area contributed by atoms with Gasteiger partial charge in [-0.3, -0.25) is 14.4 Å². The van der Waals surface area contributed by atoms with Gasteiger partial charge in [0.15, 0.2) is 0 Å². The van der Waals surface area contributed by atoms with Crippen LogP contribution in [0.1, 0.15) is 31.5 Å². The molecule has 0 spiro atoms. The van der Waals surface area contributed by atoms with Gasteiger partial charge in [-0.1, -0.05) is 30.7 Å². The van der Waals surface area contributed by atoms with Crippen LogP contribution in [0.5, 0.6) is 0 Å². The minimum absolute atomic E-state index is 0.0878. The summed E-state index contributed by atoms with van der Waals surface area (Å²) in [7, 11) is 0. The van der Waals surface area contributed by atoms with Gasteiger partial charge in [0.2, 0.25) is 5.91 Å². The Morgan fingerprint density at radius 1 is 1.32 bits per heavy atom. The number of para-hydroxylation sites is 1. The number of hydrogen-bond acceptors (Lipinski definition) is 3. The highest BCUT2D eigenvalue weighted by atomic mass is 35.5. The Hall–Kier alpha value is -1.85. The molecule has 1 amide bonds. The van der Waals surface area contributed by atoms with E-state index < -0.39 is 0 Å². The Labute approximate surface area is 154 Å². The van der Waals surface area contributed by atoms with E-state index in [1.807, 2.05) is 35.1 Å². The van der Waals surface area contributed by atoms with E-state index in [0.29, 0.717) is 18.1 Å². The van der Waals surface area contributed by atoms with E-state index in [4.69, 9.17) is 11.6 Å². The van der Waals surface area contributed by atoms with Crippen LogP contribution in [0, 0.1) is 6.92 Å². The van der Waals surface area contributed by atoms with Crippen molar-refractivity contribution in [2.45, 2.75) is 46.3 Å². The van der Waals surface area contributed by atoms with Gasteiger partial charge in [-0.25, -0.2) is 0 Å². The number of anilines is 1. The van der Waals surface area contributed by atoms with Crippen molar-refractivity contribution in [3.63, 3.8) is 0 Å². The van der Waals surface area contributed by atoms with E-state index >= 15 is 0 Å². The summed E-state index contributed by atoms with van der Waals surface area (Å²) < 4.78 is 2.04. The van der Waals surface area contributed by atoms with E-state index in [2.05, 4.69) is 30.8 Å². The quantitative estimate of drug-likeness (QED) is 0.819. The number of aromatic nitrogens is 2. The van der Waals surface area contributed by atoms with Gasteiger partial charge in [0.1, 0.15) is 0 Å². The van der Waals surface area contributed by atoms with Crippen molar-refractivity contribution < 1.29 is 4.79 Å². The Bertz CT molecular complexity index is 758. The molecule has 1 aromatic carbocycles. The fourth-order valence-corrected chi connectivity index (χ4v) is 3.55. The first-order valence-corrected chi connectivity index (χ1v) is 9.19. The monoisotopic (exact) mass is 360 g/mol. The summed E-state index contributed by atoms with van der Waals surface area (Å²) in [4.78, 5) is 16.7. The van der Waals surface area contributed by atoms with Crippen LogP contribution in [0.15, 0.2) is 30.5 Å². The van der Waals surface area contributed by atoms with Crippen molar-refractivity contribution in [2.75, 3.05) is 18.0 Å². The van der Waals surface area contributed by atoms with Crippen LogP contribution in [0.4, 0.5) is 5.69 Å². The maximum absolute atomic E-state index is 12.7. The van der Waals surface area contributed by atoms with E-state index in [1.54, 1.807) is 4.90 Å². The van der Waals surface area contributed by atoms with Gasteiger partial charge in [-0.05, 0) is 32.4 Å². The lowest BCUT2D eigenvalue weighted by Gasteiger charge is -2.39. The Morgan fingerprint density at radius 2 is 2.08 bits per heavy atom. The number of benzene rings is 1. The third-order valence-electron chi connectivity index (χ3n) is 4.87. The molecular weight excluding hydrogens is 336 g/mol. The minimum atomic E-state index is 0.0878. The average Bonchev–Trinajstić information content (AvgIpc) is 2.92. The molecule has 2 aromatic rings. The maximum Gasteiger partial charge on any atom is 0.241 e. The first-order chi connectivity index (χ1) is 12.0. The second-order valence-corrected chi connectivity index (χ2v) is 7.10. The lowest BCUT2D eigenvalue weighted by Crippen LogP contribution is -2.55. The van der Waals surface area contributed by atoms with Crippen molar-refractivity contribution in [1.82, 2.24) is 14.7 Å². The number of hydrogen-bond donors (Lipinski definition) is 0. The summed E-state index contributed by atoms with van der Waals surface area (Å²) >= 11 is 6.27. The normalized spacial score (nSPS) is 18.8.